The molecular formula is C11H19NO4. The van der Waals surface area contributed by atoms with Gasteiger partial charge in [-0.25, -0.2) is 0 Å². The monoisotopic (exact) mass is 229 g/mol. The number of ether oxygens (including phenoxy) is 1. The van der Waals surface area contributed by atoms with Gasteiger partial charge in [-0.3, -0.25) is 9.59 Å². The third kappa shape index (κ3) is 2.95. The van der Waals surface area contributed by atoms with E-state index in [0.717, 1.165) is 0 Å². The van der Waals surface area contributed by atoms with Gasteiger partial charge in [-0.05, 0) is 0 Å². The van der Waals surface area contributed by atoms with Gasteiger partial charge in [-0.15, -0.1) is 0 Å². The Hall–Kier alpha value is -1.10. The van der Waals surface area contributed by atoms with Gasteiger partial charge in [-0.1, -0.05) is 13.8 Å². The number of amides is 1. The van der Waals surface area contributed by atoms with Crippen LogP contribution >= 0.6 is 0 Å². The van der Waals surface area contributed by atoms with E-state index < -0.39 is 0 Å². The van der Waals surface area contributed by atoms with E-state index in [4.69, 9.17) is 5.11 Å². The van der Waals surface area contributed by atoms with E-state index in [0.29, 0.717) is 13.1 Å². The van der Waals surface area contributed by atoms with Crippen molar-refractivity contribution in [1.29, 1.82) is 0 Å². The number of hydrogen-bond donors (Lipinski definition) is 1. The van der Waals surface area contributed by atoms with E-state index in [9.17, 15) is 9.59 Å². The summed E-state index contributed by atoms with van der Waals surface area (Å²) in [4.78, 5) is 24.5. The molecule has 16 heavy (non-hydrogen) atoms. The zero-order chi connectivity index (χ0) is 12.3. The first-order valence-electron chi connectivity index (χ1n) is 5.36. The molecule has 1 amide bonds. The summed E-state index contributed by atoms with van der Waals surface area (Å²) in [5.41, 5.74) is -0.333. The average molecular weight is 229 g/mol. The summed E-state index contributed by atoms with van der Waals surface area (Å²) in [6.45, 7) is 4.64. The van der Waals surface area contributed by atoms with Crippen LogP contribution in [0.3, 0.4) is 0 Å². The fourth-order valence-corrected chi connectivity index (χ4v) is 1.82. The Balaban J connectivity index is 2.58. The van der Waals surface area contributed by atoms with Gasteiger partial charge < -0.3 is 14.7 Å². The SMILES string of the molecule is COC(=O)C1CC(=O)N(CC(C)(C)CO)C1. The number of rotatable bonds is 4. The van der Waals surface area contributed by atoms with Crippen LogP contribution in [0.1, 0.15) is 20.3 Å². The Morgan fingerprint density at radius 3 is 2.75 bits per heavy atom. The largest absolute Gasteiger partial charge is 0.469 e. The highest BCUT2D eigenvalue weighted by molar-refractivity contribution is 5.86. The van der Waals surface area contributed by atoms with E-state index in [2.05, 4.69) is 4.74 Å². The topological polar surface area (TPSA) is 66.8 Å². The van der Waals surface area contributed by atoms with Crippen LogP contribution in [0.15, 0.2) is 0 Å². The molecule has 0 bridgehead atoms. The highest BCUT2D eigenvalue weighted by Crippen LogP contribution is 2.24. The van der Waals surface area contributed by atoms with E-state index in [1.807, 2.05) is 13.8 Å². The molecule has 1 aliphatic heterocycles. The van der Waals surface area contributed by atoms with E-state index >= 15 is 0 Å². The number of carbonyl (C=O) groups is 2. The van der Waals surface area contributed by atoms with Crippen molar-refractivity contribution in [3.05, 3.63) is 0 Å². The van der Waals surface area contributed by atoms with Crippen molar-refractivity contribution >= 4 is 11.9 Å². The Kier molecular flexibility index (Phi) is 3.91. The third-order valence-corrected chi connectivity index (χ3v) is 2.80. The molecule has 5 nitrogen and oxygen atoms in total. The highest BCUT2D eigenvalue weighted by Gasteiger charge is 2.37. The van der Waals surface area contributed by atoms with E-state index in [1.54, 1.807) is 4.90 Å². The summed E-state index contributed by atoms with van der Waals surface area (Å²) in [6.07, 6.45) is 0.216. The molecule has 0 aromatic rings. The van der Waals surface area contributed by atoms with Crippen molar-refractivity contribution in [2.45, 2.75) is 20.3 Å². The van der Waals surface area contributed by atoms with Crippen molar-refractivity contribution in [1.82, 2.24) is 4.90 Å². The minimum atomic E-state index is -0.355. The summed E-state index contributed by atoms with van der Waals surface area (Å²) in [5.74, 6) is -0.735. The maximum absolute atomic E-state index is 11.6. The lowest BCUT2D eigenvalue weighted by Gasteiger charge is -2.28. The molecule has 0 radical (unpaired) electrons. The van der Waals surface area contributed by atoms with Crippen molar-refractivity contribution in [3.63, 3.8) is 0 Å². The molecule has 1 atom stereocenters. The first-order chi connectivity index (χ1) is 7.39. The maximum atomic E-state index is 11.6. The molecule has 1 rings (SSSR count). The summed E-state index contributed by atoms with van der Waals surface area (Å²) in [6, 6.07) is 0. The van der Waals surface area contributed by atoms with Crippen LogP contribution in [0, 0.1) is 11.3 Å². The summed E-state index contributed by atoms with van der Waals surface area (Å²) < 4.78 is 4.62. The lowest BCUT2D eigenvalue weighted by molar-refractivity contribution is -0.145. The number of hydrogen-bond acceptors (Lipinski definition) is 4. The van der Waals surface area contributed by atoms with Gasteiger partial charge >= 0.3 is 5.97 Å². The van der Waals surface area contributed by atoms with Gasteiger partial charge in [0.25, 0.3) is 0 Å². The fraction of sp³-hybridized carbons (Fsp3) is 0.818. The molecule has 92 valence electrons. The molecule has 1 saturated heterocycles. The number of likely N-dealkylation sites (tertiary alicyclic amines) is 1. The molecule has 0 spiro atoms. The number of esters is 1. The van der Waals surface area contributed by atoms with Gasteiger partial charge in [0.15, 0.2) is 0 Å². The number of nitrogens with zero attached hydrogens (tertiary/aromatic N) is 1. The molecule has 0 aromatic heterocycles. The Morgan fingerprint density at radius 1 is 1.62 bits per heavy atom. The quantitative estimate of drug-likeness (QED) is 0.690. The van der Waals surface area contributed by atoms with Crippen LogP contribution in [-0.4, -0.2) is 48.7 Å². The van der Waals surface area contributed by atoms with Crippen LogP contribution in [-0.2, 0) is 14.3 Å². The second-order valence-corrected chi connectivity index (χ2v) is 5.02. The molecule has 1 unspecified atom stereocenters. The lowest BCUT2D eigenvalue weighted by Crippen LogP contribution is -2.37. The average Bonchev–Trinajstić information content (AvgIpc) is 2.58. The van der Waals surface area contributed by atoms with Crippen molar-refractivity contribution in [2.75, 3.05) is 26.8 Å². The van der Waals surface area contributed by atoms with E-state index in [-0.39, 0.29) is 36.2 Å². The molecular weight excluding hydrogens is 210 g/mol. The summed E-state index contributed by atoms with van der Waals surface area (Å²) in [5, 5.41) is 9.13. The molecule has 1 fully saturated rings. The van der Waals surface area contributed by atoms with Gasteiger partial charge in [0.2, 0.25) is 5.91 Å². The van der Waals surface area contributed by atoms with Crippen LogP contribution in [0.25, 0.3) is 0 Å². The van der Waals surface area contributed by atoms with Crippen LogP contribution in [0.5, 0.6) is 0 Å². The predicted molar refractivity (Wildman–Crippen MR) is 57.6 cm³/mol. The second kappa shape index (κ2) is 4.82. The maximum Gasteiger partial charge on any atom is 0.310 e. The van der Waals surface area contributed by atoms with Gasteiger partial charge in [0, 0.05) is 31.5 Å². The van der Waals surface area contributed by atoms with Crippen LogP contribution < -0.4 is 0 Å². The first-order valence-corrected chi connectivity index (χ1v) is 5.36. The number of carbonyl (C=O) groups excluding carboxylic acids is 2. The second-order valence-electron chi connectivity index (χ2n) is 5.02. The molecule has 0 aliphatic carbocycles. The fourth-order valence-electron chi connectivity index (χ4n) is 1.82. The minimum absolute atomic E-state index is 0.0136. The van der Waals surface area contributed by atoms with E-state index in [1.165, 1.54) is 7.11 Å². The molecule has 1 aliphatic rings. The van der Waals surface area contributed by atoms with Crippen LogP contribution in [0.2, 0.25) is 0 Å². The van der Waals surface area contributed by atoms with Crippen LogP contribution in [0.4, 0.5) is 0 Å². The number of methoxy groups -OCH3 is 1. The Labute approximate surface area is 95.4 Å². The van der Waals surface area contributed by atoms with Crippen molar-refractivity contribution < 1.29 is 19.4 Å². The Morgan fingerprint density at radius 2 is 2.25 bits per heavy atom. The standard InChI is InChI=1S/C11H19NO4/c1-11(2,7-13)6-12-5-8(4-9(12)14)10(15)16-3/h8,13H,4-7H2,1-3H3. The molecule has 1 heterocycles. The highest BCUT2D eigenvalue weighted by atomic mass is 16.5. The van der Waals surface area contributed by atoms with Gasteiger partial charge in [0.05, 0.1) is 13.0 Å². The molecule has 1 N–H and O–H groups in total. The van der Waals surface area contributed by atoms with Gasteiger partial charge in [0.1, 0.15) is 0 Å². The first kappa shape index (κ1) is 13.0. The third-order valence-electron chi connectivity index (χ3n) is 2.80. The number of aliphatic hydroxyl groups excluding tert-OH is 1. The zero-order valence-corrected chi connectivity index (χ0v) is 10.0. The van der Waals surface area contributed by atoms with Crippen molar-refractivity contribution in [3.8, 4) is 0 Å². The summed E-state index contributed by atoms with van der Waals surface area (Å²) >= 11 is 0. The Bertz CT molecular complexity index is 288. The van der Waals surface area contributed by atoms with Crippen molar-refractivity contribution in [2.24, 2.45) is 11.3 Å². The minimum Gasteiger partial charge on any atom is -0.469 e. The lowest BCUT2D eigenvalue weighted by atomic mass is 9.94. The van der Waals surface area contributed by atoms with Gasteiger partial charge in [-0.2, -0.15) is 0 Å². The smallest absolute Gasteiger partial charge is 0.310 e. The molecule has 5 heteroatoms. The predicted octanol–water partition coefficient (Wildman–Crippen LogP) is 0.0264. The molecule has 0 saturated carbocycles. The summed E-state index contributed by atoms with van der Waals surface area (Å²) in [7, 11) is 1.33. The molecule has 0 aromatic carbocycles. The number of aliphatic hydroxyl groups is 1. The zero-order valence-electron chi connectivity index (χ0n) is 10.0. The normalized spacial score (nSPS) is 21.4.